The predicted molar refractivity (Wildman–Crippen MR) is 92.4 cm³/mol. The predicted octanol–water partition coefficient (Wildman–Crippen LogP) is 4.28. The van der Waals surface area contributed by atoms with Gasteiger partial charge in [0.05, 0.1) is 11.4 Å². The van der Waals surface area contributed by atoms with E-state index in [-0.39, 0.29) is 0 Å². The Hall–Kier alpha value is -1.32. The maximum atomic E-state index is 6.11. The summed E-state index contributed by atoms with van der Waals surface area (Å²) in [5, 5.41) is 0.764. The number of halogens is 1. The molecule has 2 aliphatic carbocycles. The van der Waals surface area contributed by atoms with Crippen LogP contribution in [-0.4, -0.2) is 27.5 Å². The van der Waals surface area contributed by atoms with Crippen molar-refractivity contribution in [2.45, 2.75) is 44.7 Å². The molecule has 1 aromatic carbocycles. The molecule has 2 fully saturated rings. The van der Waals surface area contributed by atoms with Crippen molar-refractivity contribution in [3.8, 4) is 11.4 Å². The molecule has 0 spiro atoms. The molecular weight excluding hydrogens is 306 g/mol. The van der Waals surface area contributed by atoms with E-state index in [1.165, 1.54) is 37.1 Å². The van der Waals surface area contributed by atoms with Crippen LogP contribution in [0, 0.1) is 11.8 Å². The number of aromatic nitrogens is 2. The Bertz CT molecular complexity index is 738. The maximum Gasteiger partial charge on any atom is 0.137 e. The lowest BCUT2D eigenvalue weighted by atomic mass is 9.93. The molecular formula is C19H22ClN3. The summed E-state index contributed by atoms with van der Waals surface area (Å²) in [5.41, 5.74) is 3.64. The molecule has 2 aromatic rings. The summed E-state index contributed by atoms with van der Waals surface area (Å²) in [6.07, 6.45) is 6.84. The number of hydrogen-bond acceptors (Lipinski definition) is 2. The van der Waals surface area contributed by atoms with Gasteiger partial charge in [-0.05, 0) is 49.7 Å². The molecule has 2 saturated carbocycles. The van der Waals surface area contributed by atoms with Crippen molar-refractivity contribution in [1.29, 1.82) is 0 Å². The summed E-state index contributed by atoms with van der Waals surface area (Å²) >= 11 is 6.11. The highest BCUT2D eigenvalue weighted by Gasteiger charge is 2.43. The van der Waals surface area contributed by atoms with Gasteiger partial charge in [-0.3, -0.25) is 4.90 Å². The first-order chi connectivity index (χ1) is 11.3. The third-order valence-electron chi connectivity index (χ3n) is 5.99. The molecule has 120 valence electrons. The SMILES string of the molecule is Clc1cccc(-c2nc3c([nH]2)CN(C2CCC4CC4C2)CC3)c1. The Morgan fingerprint density at radius 1 is 1.17 bits per heavy atom. The van der Waals surface area contributed by atoms with Gasteiger partial charge in [0.1, 0.15) is 5.82 Å². The van der Waals surface area contributed by atoms with Crippen LogP contribution in [0.5, 0.6) is 0 Å². The molecule has 23 heavy (non-hydrogen) atoms. The summed E-state index contributed by atoms with van der Waals surface area (Å²) in [6.45, 7) is 2.19. The Morgan fingerprint density at radius 2 is 2.13 bits per heavy atom. The zero-order valence-corrected chi connectivity index (χ0v) is 14.0. The van der Waals surface area contributed by atoms with Crippen LogP contribution in [0.3, 0.4) is 0 Å². The summed E-state index contributed by atoms with van der Waals surface area (Å²) in [7, 11) is 0. The van der Waals surface area contributed by atoms with Crippen LogP contribution in [0.2, 0.25) is 5.02 Å². The number of H-pyrrole nitrogens is 1. The molecule has 3 aliphatic rings. The van der Waals surface area contributed by atoms with Gasteiger partial charge in [0.25, 0.3) is 0 Å². The van der Waals surface area contributed by atoms with E-state index in [9.17, 15) is 0 Å². The van der Waals surface area contributed by atoms with E-state index in [0.29, 0.717) is 0 Å². The fourth-order valence-electron chi connectivity index (χ4n) is 4.56. The number of imidazole rings is 1. The van der Waals surface area contributed by atoms with Crippen LogP contribution in [0.1, 0.15) is 37.1 Å². The molecule has 0 amide bonds. The minimum atomic E-state index is 0.764. The lowest BCUT2D eigenvalue weighted by molar-refractivity contribution is 0.135. The topological polar surface area (TPSA) is 31.9 Å². The van der Waals surface area contributed by atoms with Gasteiger partial charge in [0.2, 0.25) is 0 Å². The van der Waals surface area contributed by atoms with Crippen molar-refractivity contribution in [2.75, 3.05) is 6.54 Å². The number of fused-ring (bicyclic) bond motifs is 2. The van der Waals surface area contributed by atoms with E-state index in [0.717, 1.165) is 53.8 Å². The molecule has 0 saturated heterocycles. The largest absolute Gasteiger partial charge is 0.341 e. The third-order valence-corrected chi connectivity index (χ3v) is 6.23. The van der Waals surface area contributed by atoms with Crippen molar-refractivity contribution in [3.05, 3.63) is 40.7 Å². The summed E-state index contributed by atoms with van der Waals surface area (Å²) in [6, 6.07) is 8.74. The van der Waals surface area contributed by atoms with Crippen molar-refractivity contribution in [3.63, 3.8) is 0 Å². The number of rotatable bonds is 2. The van der Waals surface area contributed by atoms with E-state index in [2.05, 4.69) is 16.0 Å². The number of hydrogen-bond donors (Lipinski definition) is 1. The number of nitrogens with zero attached hydrogens (tertiary/aromatic N) is 2. The van der Waals surface area contributed by atoms with Gasteiger partial charge in [-0.25, -0.2) is 4.98 Å². The van der Waals surface area contributed by atoms with Crippen LogP contribution >= 0.6 is 11.6 Å². The van der Waals surface area contributed by atoms with E-state index < -0.39 is 0 Å². The highest BCUT2D eigenvalue weighted by molar-refractivity contribution is 6.30. The fourth-order valence-corrected chi connectivity index (χ4v) is 4.75. The Labute approximate surface area is 142 Å². The first-order valence-corrected chi connectivity index (χ1v) is 9.22. The number of nitrogens with one attached hydrogen (secondary N) is 1. The molecule has 5 rings (SSSR count). The second-order valence-corrected chi connectivity index (χ2v) is 7.90. The molecule has 4 heteroatoms. The van der Waals surface area contributed by atoms with E-state index >= 15 is 0 Å². The van der Waals surface area contributed by atoms with Crippen LogP contribution < -0.4 is 0 Å². The average Bonchev–Trinajstić information content (AvgIpc) is 3.22. The van der Waals surface area contributed by atoms with E-state index in [1.807, 2.05) is 18.2 Å². The van der Waals surface area contributed by atoms with Crippen LogP contribution in [0.25, 0.3) is 11.4 Å². The molecule has 3 atom stereocenters. The van der Waals surface area contributed by atoms with Crippen molar-refractivity contribution in [2.24, 2.45) is 11.8 Å². The second kappa shape index (κ2) is 5.35. The molecule has 2 heterocycles. The molecule has 1 aromatic heterocycles. The van der Waals surface area contributed by atoms with Gasteiger partial charge in [0.15, 0.2) is 0 Å². The monoisotopic (exact) mass is 327 g/mol. The minimum absolute atomic E-state index is 0.764. The van der Waals surface area contributed by atoms with Crippen molar-refractivity contribution in [1.82, 2.24) is 14.9 Å². The average molecular weight is 328 g/mol. The standard InChI is InChI=1S/C19H22ClN3/c20-15-3-1-2-13(9-15)19-21-17-6-7-23(11-18(17)22-19)16-5-4-12-8-14(12)10-16/h1-3,9,12,14,16H,4-8,10-11H2,(H,21,22). The Kier molecular flexibility index (Phi) is 3.27. The quantitative estimate of drug-likeness (QED) is 0.893. The van der Waals surface area contributed by atoms with Gasteiger partial charge < -0.3 is 4.98 Å². The Morgan fingerprint density at radius 3 is 3.00 bits per heavy atom. The van der Waals surface area contributed by atoms with Crippen molar-refractivity contribution < 1.29 is 0 Å². The normalized spacial score (nSPS) is 29.9. The third kappa shape index (κ3) is 2.60. The van der Waals surface area contributed by atoms with Crippen LogP contribution in [0.4, 0.5) is 0 Å². The number of aromatic amines is 1. The summed E-state index contributed by atoms with van der Waals surface area (Å²) in [4.78, 5) is 11.1. The molecule has 3 unspecified atom stereocenters. The highest BCUT2D eigenvalue weighted by Crippen LogP contribution is 2.50. The molecule has 0 radical (unpaired) electrons. The summed E-state index contributed by atoms with van der Waals surface area (Å²) in [5.74, 6) is 3.08. The van der Waals surface area contributed by atoms with Crippen LogP contribution in [-0.2, 0) is 13.0 Å². The van der Waals surface area contributed by atoms with Gasteiger partial charge in [-0.1, -0.05) is 23.7 Å². The summed E-state index contributed by atoms with van der Waals surface area (Å²) < 4.78 is 0. The zero-order chi connectivity index (χ0) is 15.4. The smallest absolute Gasteiger partial charge is 0.137 e. The van der Waals surface area contributed by atoms with Gasteiger partial charge in [-0.15, -0.1) is 0 Å². The molecule has 0 bridgehead atoms. The van der Waals surface area contributed by atoms with Gasteiger partial charge in [0, 0.05) is 36.1 Å². The minimum Gasteiger partial charge on any atom is -0.341 e. The lowest BCUT2D eigenvalue weighted by Crippen LogP contribution is -2.40. The first kappa shape index (κ1) is 14.1. The van der Waals surface area contributed by atoms with Gasteiger partial charge in [-0.2, -0.15) is 0 Å². The first-order valence-electron chi connectivity index (χ1n) is 8.84. The lowest BCUT2D eigenvalue weighted by Gasteiger charge is -2.36. The van der Waals surface area contributed by atoms with E-state index in [1.54, 1.807) is 0 Å². The second-order valence-electron chi connectivity index (χ2n) is 7.46. The fraction of sp³-hybridized carbons (Fsp3) is 0.526. The molecule has 3 nitrogen and oxygen atoms in total. The zero-order valence-electron chi connectivity index (χ0n) is 13.3. The van der Waals surface area contributed by atoms with Crippen LogP contribution in [0.15, 0.2) is 24.3 Å². The van der Waals surface area contributed by atoms with Crippen molar-refractivity contribution >= 4 is 11.6 Å². The Balaban J connectivity index is 1.36. The van der Waals surface area contributed by atoms with E-state index in [4.69, 9.17) is 16.6 Å². The molecule has 1 N–H and O–H groups in total. The molecule has 1 aliphatic heterocycles. The van der Waals surface area contributed by atoms with Gasteiger partial charge >= 0.3 is 0 Å². The highest BCUT2D eigenvalue weighted by atomic mass is 35.5. The number of benzene rings is 1. The maximum absolute atomic E-state index is 6.11.